The third-order valence-corrected chi connectivity index (χ3v) is 5.94. The lowest BCUT2D eigenvalue weighted by atomic mass is 9.64. The first kappa shape index (κ1) is 16.7. The van der Waals surface area contributed by atoms with Gasteiger partial charge in [0.25, 0.3) is 0 Å². The number of rotatable bonds is 4. The normalized spacial score (nSPS) is 39.2. The Balaban J connectivity index is 1.30. The molecule has 3 fully saturated rings. The van der Waals surface area contributed by atoms with Gasteiger partial charge in [0.1, 0.15) is 0 Å². The van der Waals surface area contributed by atoms with Crippen LogP contribution in [0, 0.1) is 17.3 Å². The molecule has 2 amide bonds. The Bertz CT molecular complexity index is 459. The Morgan fingerprint density at radius 1 is 1.13 bits per heavy atom. The fourth-order valence-electron chi connectivity index (χ4n) is 4.73. The zero-order valence-corrected chi connectivity index (χ0v) is 14.4. The van der Waals surface area contributed by atoms with Crippen molar-refractivity contribution in [2.75, 3.05) is 13.2 Å². The van der Waals surface area contributed by atoms with Gasteiger partial charge in [-0.1, -0.05) is 19.8 Å². The Morgan fingerprint density at radius 2 is 1.91 bits per heavy atom. The molecule has 0 radical (unpaired) electrons. The van der Waals surface area contributed by atoms with Crippen LogP contribution in [0.5, 0.6) is 0 Å². The predicted molar refractivity (Wildman–Crippen MR) is 87.8 cm³/mol. The minimum absolute atomic E-state index is 0.137. The molecule has 1 aliphatic heterocycles. The van der Waals surface area contributed by atoms with E-state index in [1.807, 2.05) is 0 Å². The average molecular weight is 322 g/mol. The SMILES string of the molecule is CC1CCC(CCNC(=O)C(=O)NC2CC3(COC(C)C3)C2)C1. The zero-order chi connectivity index (χ0) is 16.4. The van der Waals surface area contributed by atoms with Gasteiger partial charge in [0.15, 0.2) is 0 Å². The molecule has 0 aromatic heterocycles. The van der Waals surface area contributed by atoms with Crippen molar-refractivity contribution in [3.05, 3.63) is 0 Å². The summed E-state index contributed by atoms with van der Waals surface area (Å²) in [4.78, 5) is 23.8. The molecule has 1 saturated heterocycles. The van der Waals surface area contributed by atoms with Gasteiger partial charge in [0.2, 0.25) is 0 Å². The molecule has 0 aromatic carbocycles. The van der Waals surface area contributed by atoms with E-state index in [1.165, 1.54) is 19.3 Å². The molecule has 3 rings (SSSR count). The van der Waals surface area contributed by atoms with E-state index in [4.69, 9.17) is 4.74 Å². The fraction of sp³-hybridized carbons (Fsp3) is 0.889. The van der Waals surface area contributed by atoms with E-state index in [0.717, 1.165) is 38.2 Å². The number of hydrogen-bond acceptors (Lipinski definition) is 3. The highest BCUT2D eigenvalue weighted by Gasteiger charge is 2.49. The van der Waals surface area contributed by atoms with Crippen LogP contribution in [0.3, 0.4) is 0 Å². The molecule has 1 heterocycles. The Hall–Kier alpha value is -1.10. The maximum atomic E-state index is 11.9. The van der Waals surface area contributed by atoms with Crippen molar-refractivity contribution < 1.29 is 14.3 Å². The van der Waals surface area contributed by atoms with E-state index in [9.17, 15) is 9.59 Å². The molecule has 5 nitrogen and oxygen atoms in total. The van der Waals surface area contributed by atoms with Crippen molar-refractivity contribution in [1.82, 2.24) is 10.6 Å². The van der Waals surface area contributed by atoms with Gasteiger partial charge in [0.05, 0.1) is 12.7 Å². The van der Waals surface area contributed by atoms with Gasteiger partial charge >= 0.3 is 11.8 Å². The lowest BCUT2D eigenvalue weighted by Gasteiger charge is -2.44. The van der Waals surface area contributed by atoms with Crippen LogP contribution in [0.2, 0.25) is 0 Å². The summed E-state index contributed by atoms with van der Waals surface area (Å²) in [6, 6.07) is 0.137. The monoisotopic (exact) mass is 322 g/mol. The van der Waals surface area contributed by atoms with E-state index in [1.54, 1.807) is 0 Å². The lowest BCUT2D eigenvalue weighted by molar-refractivity contribution is -0.140. The van der Waals surface area contributed by atoms with E-state index in [-0.39, 0.29) is 11.5 Å². The fourth-order valence-corrected chi connectivity index (χ4v) is 4.73. The maximum absolute atomic E-state index is 11.9. The van der Waals surface area contributed by atoms with E-state index >= 15 is 0 Å². The first-order chi connectivity index (χ1) is 11.0. The van der Waals surface area contributed by atoms with Gasteiger partial charge in [-0.25, -0.2) is 0 Å². The van der Waals surface area contributed by atoms with Crippen LogP contribution in [0.4, 0.5) is 0 Å². The van der Waals surface area contributed by atoms with Gasteiger partial charge in [-0.15, -0.1) is 0 Å². The second kappa shape index (κ2) is 6.80. The van der Waals surface area contributed by atoms with E-state index in [2.05, 4.69) is 24.5 Å². The number of nitrogens with one attached hydrogen (secondary N) is 2. The Morgan fingerprint density at radius 3 is 2.52 bits per heavy atom. The Kier molecular flexibility index (Phi) is 4.95. The number of hydrogen-bond donors (Lipinski definition) is 2. The van der Waals surface area contributed by atoms with E-state index in [0.29, 0.717) is 18.6 Å². The van der Waals surface area contributed by atoms with Crippen LogP contribution in [0.1, 0.15) is 58.8 Å². The molecule has 130 valence electrons. The summed E-state index contributed by atoms with van der Waals surface area (Å²) in [5.74, 6) is 0.570. The molecule has 3 atom stereocenters. The molecular weight excluding hydrogens is 292 g/mol. The zero-order valence-electron chi connectivity index (χ0n) is 14.4. The first-order valence-corrected chi connectivity index (χ1v) is 9.16. The first-order valence-electron chi connectivity index (χ1n) is 9.16. The van der Waals surface area contributed by atoms with Gasteiger partial charge in [-0.3, -0.25) is 9.59 Å². The third-order valence-electron chi connectivity index (χ3n) is 5.94. The molecule has 3 aliphatic rings. The highest BCUT2D eigenvalue weighted by atomic mass is 16.5. The van der Waals surface area contributed by atoms with Crippen LogP contribution in [-0.4, -0.2) is 37.1 Å². The van der Waals surface area contributed by atoms with Crippen molar-refractivity contribution in [3.8, 4) is 0 Å². The summed E-state index contributed by atoms with van der Waals surface area (Å²) in [7, 11) is 0. The summed E-state index contributed by atoms with van der Waals surface area (Å²) in [6.07, 6.45) is 8.09. The maximum Gasteiger partial charge on any atom is 0.309 e. The minimum atomic E-state index is -0.479. The summed E-state index contributed by atoms with van der Waals surface area (Å²) in [5, 5.41) is 5.63. The molecule has 2 N–H and O–H groups in total. The number of ether oxygens (including phenoxy) is 1. The lowest BCUT2D eigenvalue weighted by Crippen LogP contribution is -2.54. The molecule has 3 unspecified atom stereocenters. The van der Waals surface area contributed by atoms with Gasteiger partial charge in [-0.2, -0.15) is 0 Å². The summed E-state index contributed by atoms with van der Waals surface area (Å²) >= 11 is 0. The van der Waals surface area contributed by atoms with Crippen LogP contribution in [0.15, 0.2) is 0 Å². The molecule has 2 saturated carbocycles. The molecule has 2 aliphatic carbocycles. The van der Waals surface area contributed by atoms with E-state index < -0.39 is 11.8 Å². The van der Waals surface area contributed by atoms with Crippen molar-refractivity contribution >= 4 is 11.8 Å². The van der Waals surface area contributed by atoms with Crippen LogP contribution >= 0.6 is 0 Å². The Labute approximate surface area is 138 Å². The highest BCUT2D eigenvalue weighted by molar-refractivity contribution is 6.35. The van der Waals surface area contributed by atoms with Gasteiger partial charge < -0.3 is 15.4 Å². The van der Waals surface area contributed by atoms with Crippen molar-refractivity contribution in [2.24, 2.45) is 17.3 Å². The highest BCUT2D eigenvalue weighted by Crippen LogP contribution is 2.49. The number of amides is 2. The third kappa shape index (κ3) is 4.06. The van der Waals surface area contributed by atoms with Crippen LogP contribution in [0.25, 0.3) is 0 Å². The second-order valence-corrected chi connectivity index (χ2v) is 8.23. The van der Waals surface area contributed by atoms with Gasteiger partial charge in [0, 0.05) is 18.0 Å². The topological polar surface area (TPSA) is 67.4 Å². The quantitative estimate of drug-likeness (QED) is 0.778. The van der Waals surface area contributed by atoms with Crippen LogP contribution in [-0.2, 0) is 14.3 Å². The summed E-state index contributed by atoms with van der Waals surface area (Å²) < 4.78 is 5.63. The molecular formula is C18H30N2O3. The molecule has 0 aromatic rings. The molecule has 23 heavy (non-hydrogen) atoms. The largest absolute Gasteiger partial charge is 0.378 e. The minimum Gasteiger partial charge on any atom is -0.378 e. The smallest absolute Gasteiger partial charge is 0.309 e. The van der Waals surface area contributed by atoms with Gasteiger partial charge in [-0.05, 0) is 50.9 Å². The molecule has 1 spiro atoms. The second-order valence-electron chi connectivity index (χ2n) is 8.23. The van der Waals surface area contributed by atoms with Crippen molar-refractivity contribution in [3.63, 3.8) is 0 Å². The molecule has 5 heteroatoms. The van der Waals surface area contributed by atoms with Crippen molar-refractivity contribution in [2.45, 2.75) is 70.9 Å². The van der Waals surface area contributed by atoms with Crippen molar-refractivity contribution in [1.29, 1.82) is 0 Å². The molecule has 0 bridgehead atoms. The number of carbonyl (C=O) groups is 2. The number of carbonyl (C=O) groups excluding carboxylic acids is 2. The predicted octanol–water partition coefficient (Wildman–Crippen LogP) is 2.00. The standard InChI is InChI=1S/C18H30N2O3/c1-12-3-4-14(7-12)5-6-19-16(21)17(22)20-15-9-18(10-15)8-13(2)23-11-18/h12-15H,3-11H2,1-2H3,(H,19,21)(H,20,22). The average Bonchev–Trinajstić information content (AvgIpc) is 3.04. The summed E-state index contributed by atoms with van der Waals surface area (Å²) in [5.41, 5.74) is 0.257. The van der Waals surface area contributed by atoms with Crippen LogP contribution < -0.4 is 10.6 Å². The summed E-state index contributed by atoms with van der Waals surface area (Å²) in [6.45, 7) is 5.79.